The highest BCUT2D eigenvalue weighted by Gasteiger charge is 2.24. The zero-order valence-electron chi connectivity index (χ0n) is 18.8. The number of benzene rings is 3. The molecule has 6 nitrogen and oxygen atoms in total. The topological polar surface area (TPSA) is 77.8 Å². The van der Waals surface area contributed by atoms with Gasteiger partial charge in [0.1, 0.15) is 17.1 Å². The highest BCUT2D eigenvalue weighted by Crippen LogP contribution is 2.33. The predicted molar refractivity (Wildman–Crippen MR) is 127 cm³/mol. The number of carbonyl (C=O) groups is 2. The van der Waals surface area contributed by atoms with E-state index >= 15 is 0 Å². The van der Waals surface area contributed by atoms with Gasteiger partial charge < -0.3 is 19.2 Å². The molecule has 0 saturated carbocycles. The maximum atomic E-state index is 13.2. The van der Waals surface area contributed by atoms with Crippen LogP contribution in [0, 0.1) is 5.92 Å². The third-order valence-electron chi connectivity index (χ3n) is 5.09. The first kappa shape index (κ1) is 22.1. The number of rotatable bonds is 8. The lowest BCUT2D eigenvalue weighted by atomic mass is 10.1. The molecule has 6 heteroatoms. The van der Waals surface area contributed by atoms with Gasteiger partial charge in [-0.1, -0.05) is 26.0 Å². The van der Waals surface area contributed by atoms with Gasteiger partial charge in [0.15, 0.2) is 5.76 Å². The molecule has 33 heavy (non-hydrogen) atoms. The highest BCUT2D eigenvalue weighted by molar-refractivity contribution is 6.18. The van der Waals surface area contributed by atoms with E-state index < -0.39 is 0 Å². The minimum Gasteiger partial charge on any atom is -0.497 e. The van der Waals surface area contributed by atoms with Crippen LogP contribution in [0.4, 0.5) is 5.69 Å². The normalized spacial score (nSPS) is 10.9. The molecule has 0 aliphatic carbocycles. The largest absolute Gasteiger partial charge is 0.497 e. The van der Waals surface area contributed by atoms with Gasteiger partial charge >= 0.3 is 0 Å². The van der Waals surface area contributed by atoms with Crippen LogP contribution in [0.1, 0.15) is 40.3 Å². The molecule has 0 bridgehead atoms. The van der Waals surface area contributed by atoms with Crippen molar-refractivity contribution in [1.82, 2.24) is 0 Å². The molecule has 0 saturated heterocycles. The molecule has 168 valence electrons. The van der Waals surface area contributed by atoms with Crippen LogP contribution in [0.25, 0.3) is 11.0 Å². The molecule has 0 radical (unpaired) electrons. The number of hydrogen-bond acceptors (Lipinski definition) is 5. The smallest absolute Gasteiger partial charge is 0.255 e. The minimum atomic E-state index is -0.347. The highest BCUT2D eigenvalue weighted by atomic mass is 16.5. The van der Waals surface area contributed by atoms with Crippen LogP contribution in [-0.2, 0) is 0 Å². The first-order valence-electron chi connectivity index (χ1n) is 10.7. The van der Waals surface area contributed by atoms with Crippen LogP contribution in [0.2, 0.25) is 0 Å². The molecule has 0 spiro atoms. The molecule has 3 aromatic carbocycles. The molecule has 0 atom stereocenters. The number of para-hydroxylation sites is 1. The van der Waals surface area contributed by atoms with E-state index in [0.717, 1.165) is 0 Å². The van der Waals surface area contributed by atoms with E-state index in [1.807, 2.05) is 18.2 Å². The summed E-state index contributed by atoms with van der Waals surface area (Å²) in [6.07, 6.45) is 0. The average Bonchev–Trinajstić information content (AvgIpc) is 3.21. The second-order valence-corrected chi connectivity index (χ2v) is 8.04. The second-order valence-electron chi connectivity index (χ2n) is 8.04. The summed E-state index contributed by atoms with van der Waals surface area (Å²) in [6.45, 7) is 4.74. The van der Waals surface area contributed by atoms with Crippen LogP contribution in [-0.4, -0.2) is 25.4 Å². The number of amides is 1. The number of ketones is 1. The molecule has 1 N–H and O–H groups in total. The van der Waals surface area contributed by atoms with Gasteiger partial charge in [-0.25, -0.2) is 0 Å². The van der Waals surface area contributed by atoms with Crippen molar-refractivity contribution in [2.24, 2.45) is 5.92 Å². The van der Waals surface area contributed by atoms with Crippen molar-refractivity contribution in [3.8, 4) is 11.5 Å². The molecule has 4 aromatic rings. The van der Waals surface area contributed by atoms with Crippen LogP contribution in [0.5, 0.6) is 11.5 Å². The fourth-order valence-corrected chi connectivity index (χ4v) is 3.35. The standard InChI is InChI=1S/C27H25NO5/c1-17(2)16-32-21-14-10-19(11-15-21)27(30)28-24-22-6-4-5-7-23(22)33-26(24)25(29)18-8-12-20(31-3)13-9-18/h4-15,17H,16H2,1-3H3,(H,28,30). The van der Waals surface area contributed by atoms with Gasteiger partial charge in [0.05, 0.1) is 19.4 Å². The first-order valence-corrected chi connectivity index (χ1v) is 10.7. The number of methoxy groups -OCH3 is 1. The van der Waals surface area contributed by atoms with Crippen molar-refractivity contribution in [3.05, 3.63) is 89.7 Å². The number of ether oxygens (including phenoxy) is 2. The summed E-state index contributed by atoms with van der Waals surface area (Å²) in [6, 6.07) is 20.8. The monoisotopic (exact) mass is 443 g/mol. The molecule has 1 heterocycles. The summed E-state index contributed by atoms with van der Waals surface area (Å²) < 4.78 is 16.7. The molecule has 0 unspecified atom stereocenters. The lowest BCUT2D eigenvalue weighted by molar-refractivity contribution is 0.101. The molecule has 1 aromatic heterocycles. The second kappa shape index (κ2) is 9.61. The Morgan fingerprint density at radius 2 is 1.52 bits per heavy atom. The Hall–Kier alpha value is -4.06. The molecule has 0 aliphatic rings. The Kier molecular flexibility index (Phi) is 6.45. The van der Waals surface area contributed by atoms with E-state index in [0.29, 0.717) is 51.8 Å². The summed E-state index contributed by atoms with van der Waals surface area (Å²) in [5.41, 5.74) is 1.73. The molecule has 0 aliphatic heterocycles. The maximum Gasteiger partial charge on any atom is 0.255 e. The van der Waals surface area contributed by atoms with Gasteiger partial charge in [-0.15, -0.1) is 0 Å². The van der Waals surface area contributed by atoms with Gasteiger partial charge in [0, 0.05) is 16.5 Å². The van der Waals surface area contributed by atoms with Gasteiger partial charge in [0.2, 0.25) is 5.78 Å². The Morgan fingerprint density at radius 3 is 2.18 bits per heavy atom. The number of carbonyl (C=O) groups excluding carboxylic acids is 2. The Balaban J connectivity index is 1.62. The Morgan fingerprint density at radius 1 is 0.879 bits per heavy atom. The van der Waals surface area contributed by atoms with E-state index in [-0.39, 0.29) is 17.5 Å². The minimum absolute atomic E-state index is 0.0756. The van der Waals surface area contributed by atoms with E-state index in [9.17, 15) is 9.59 Å². The molecular weight excluding hydrogens is 418 g/mol. The fourth-order valence-electron chi connectivity index (χ4n) is 3.35. The third kappa shape index (κ3) is 4.90. The first-order chi connectivity index (χ1) is 16.0. The molecule has 4 rings (SSSR count). The van der Waals surface area contributed by atoms with Gasteiger partial charge in [-0.05, 0) is 66.6 Å². The maximum absolute atomic E-state index is 13.2. The average molecular weight is 443 g/mol. The van der Waals surface area contributed by atoms with Crippen LogP contribution in [0.3, 0.4) is 0 Å². The lowest BCUT2D eigenvalue weighted by Crippen LogP contribution is -2.14. The number of fused-ring (bicyclic) bond motifs is 1. The predicted octanol–water partition coefficient (Wildman–Crippen LogP) is 5.96. The van der Waals surface area contributed by atoms with Crippen molar-refractivity contribution in [2.75, 3.05) is 19.0 Å². The van der Waals surface area contributed by atoms with E-state index in [1.165, 1.54) is 0 Å². The molecule has 1 amide bonds. The number of hydrogen-bond donors (Lipinski definition) is 1. The van der Waals surface area contributed by atoms with Gasteiger partial charge in [-0.3, -0.25) is 9.59 Å². The Bertz CT molecular complexity index is 1270. The summed E-state index contributed by atoms with van der Waals surface area (Å²) >= 11 is 0. The van der Waals surface area contributed by atoms with Crippen LogP contribution < -0.4 is 14.8 Å². The number of anilines is 1. The summed E-state index contributed by atoms with van der Waals surface area (Å²) in [4.78, 5) is 26.2. The molecule has 0 fully saturated rings. The zero-order valence-corrected chi connectivity index (χ0v) is 18.8. The summed E-state index contributed by atoms with van der Waals surface area (Å²) in [5.74, 6) is 1.15. The van der Waals surface area contributed by atoms with Crippen molar-refractivity contribution >= 4 is 28.3 Å². The fraction of sp³-hybridized carbons (Fsp3) is 0.185. The van der Waals surface area contributed by atoms with Crippen LogP contribution >= 0.6 is 0 Å². The van der Waals surface area contributed by atoms with E-state index in [2.05, 4.69) is 19.2 Å². The number of furan rings is 1. The van der Waals surface area contributed by atoms with Crippen molar-refractivity contribution in [2.45, 2.75) is 13.8 Å². The molecular formula is C27H25NO5. The summed E-state index contributed by atoms with van der Waals surface area (Å²) in [5, 5.41) is 3.53. The lowest BCUT2D eigenvalue weighted by Gasteiger charge is -2.10. The zero-order chi connectivity index (χ0) is 23.4. The van der Waals surface area contributed by atoms with Crippen molar-refractivity contribution < 1.29 is 23.5 Å². The van der Waals surface area contributed by atoms with Crippen molar-refractivity contribution in [3.63, 3.8) is 0 Å². The summed E-state index contributed by atoms with van der Waals surface area (Å²) in [7, 11) is 1.56. The van der Waals surface area contributed by atoms with Gasteiger partial charge in [0.25, 0.3) is 5.91 Å². The Labute approximate surface area is 192 Å². The SMILES string of the molecule is COc1ccc(C(=O)c2oc3ccccc3c2NC(=O)c2ccc(OCC(C)C)cc2)cc1. The van der Waals surface area contributed by atoms with Crippen molar-refractivity contribution in [1.29, 1.82) is 0 Å². The van der Waals surface area contributed by atoms with E-state index in [4.69, 9.17) is 13.9 Å². The quantitative estimate of drug-likeness (QED) is 0.340. The number of nitrogens with one attached hydrogen (secondary N) is 1. The van der Waals surface area contributed by atoms with E-state index in [1.54, 1.807) is 61.7 Å². The van der Waals surface area contributed by atoms with Crippen LogP contribution in [0.15, 0.2) is 77.2 Å². The third-order valence-corrected chi connectivity index (χ3v) is 5.09. The van der Waals surface area contributed by atoms with Gasteiger partial charge in [-0.2, -0.15) is 0 Å².